The van der Waals surface area contributed by atoms with E-state index in [4.69, 9.17) is 5.11 Å². The SMILES string of the molecule is Cc1ccccc1CCC(=O)N1CCc2ccc(C(=O)O)cc2C1. The van der Waals surface area contributed by atoms with Crippen LogP contribution in [0.1, 0.15) is 39.0 Å². The number of benzene rings is 2. The summed E-state index contributed by atoms with van der Waals surface area (Å²) in [5.74, 6) is -0.801. The zero-order chi connectivity index (χ0) is 17.1. The standard InChI is InChI=1S/C20H21NO3/c1-14-4-2-3-5-15(14)8-9-19(22)21-11-10-16-6-7-17(20(23)24)12-18(16)13-21/h2-7,12H,8-11,13H2,1H3,(H,23,24). The summed E-state index contributed by atoms with van der Waals surface area (Å²) in [4.78, 5) is 25.5. The van der Waals surface area contributed by atoms with Crippen LogP contribution >= 0.6 is 0 Å². The molecule has 24 heavy (non-hydrogen) atoms. The average molecular weight is 323 g/mol. The van der Waals surface area contributed by atoms with E-state index in [1.54, 1.807) is 12.1 Å². The van der Waals surface area contributed by atoms with Crippen LogP contribution in [0, 0.1) is 6.92 Å². The molecule has 3 rings (SSSR count). The van der Waals surface area contributed by atoms with Crippen LogP contribution in [0.5, 0.6) is 0 Å². The number of aryl methyl sites for hydroxylation is 2. The van der Waals surface area contributed by atoms with E-state index < -0.39 is 5.97 Å². The molecule has 4 heteroatoms. The quantitative estimate of drug-likeness (QED) is 0.940. The Labute approximate surface area is 141 Å². The molecule has 0 aromatic heterocycles. The van der Waals surface area contributed by atoms with Crippen molar-refractivity contribution in [3.05, 3.63) is 70.3 Å². The molecule has 0 saturated carbocycles. The minimum absolute atomic E-state index is 0.129. The number of carbonyl (C=O) groups is 2. The van der Waals surface area contributed by atoms with Gasteiger partial charge in [-0.2, -0.15) is 0 Å². The Morgan fingerprint density at radius 1 is 1.12 bits per heavy atom. The van der Waals surface area contributed by atoms with E-state index in [0.717, 1.165) is 24.0 Å². The number of aromatic carboxylic acids is 1. The zero-order valence-electron chi connectivity index (χ0n) is 13.8. The molecule has 0 bridgehead atoms. The van der Waals surface area contributed by atoms with Crippen molar-refractivity contribution in [3.8, 4) is 0 Å². The van der Waals surface area contributed by atoms with Gasteiger partial charge in [0.1, 0.15) is 0 Å². The Kier molecular flexibility index (Phi) is 4.65. The van der Waals surface area contributed by atoms with E-state index >= 15 is 0 Å². The number of rotatable bonds is 4. The highest BCUT2D eigenvalue weighted by molar-refractivity contribution is 5.88. The van der Waals surface area contributed by atoms with Gasteiger partial charge in [0, 0.05) is 19.5 Å². The van der Waals surface area contributed by atoms with Gasteiger partial charge in [0.2, 0.25) is 5.91 Å². The van der Waals surface area contributed by atoms with E-state index in [2.05, 4.69) is 19.1 Å². The van der Waals surface area contributed by atoms with E-state index in [1.165, 1.54) is 11.1 Å². The van der Waals surface area contributed by atoms with Crippen molar-refractivity contribution in [2.45, 2.75) is 32.7 Å². The molecule has 1 aliphatic heterocycles. The summed E-state index contributed by atoms with van der Waals surface area (Å²) in [5.41, 5.74) is 4.79. The van der Waals surface area contributed by atoms with Crippen molar-refractivity contribution in [2.24, 2.45) is 0 Å². The second-order valence-electron chi connectivity index (χ2n) is 6.28. The smallest absolute Gasteiger partial charge is 0.335 e. The molecule has 0 atom stereocenters. The van der Waals surface area contributed by atoms with Crippen LogP contribution in [-0.2, 0) is 24.2 Å². The molecule has 0 spiro atoms. The first-order valence-corrected chi connectivity index (χ1v) is 8.22. The zero-order valence-corrected chi connectivity index (χ0v) is 13.8. The third kappa shape index (κ3) is 3.48. The number of carboxylic acids is 1. The second-order valence-corrected chi connectivity index (χ2v) is 6.28. The minimum atomic E-state index is -0.930. The van der Waals surface area contributed by atoms with Gasteiger partial charge in [0.15, 0.2) is 0 Å². The fourth-order valence-corrected chi connectivity index (χ4v) is 3.19. The molecule has 0 saturated heterocycles. The Bertz CT molecular complexity index is 782. The van der Waals surface area contributed by atoms with Crippen LogP contribution in [0.3, 0.4) is 0 Å². The predicted molar refractivity (Wildman–Crippen MR) is 92.0 cm³/mol. The lowest BCUT2D eigenvalue weighted by Crippen LogP contribution is -2.36. The number of hydrogen-bond acceptors (Lipinski definition) is 2. The predicted octanol–water partition coefficient (Wildman–Crippen LogP) is 3.21. The summed E-state index contributed by atoms with van der Waals surface area (Å²) in [6.07, 6.45) is 2.01. The third-order valence-electron chi connectivity index (χ3n) is 4.69. The van der Waals surface area contributed by atoms with Gasteiger partial charge in [-0.25, -0.2) is 4.79 Å². The van der Waals surface area contributed by atoms with Gasteiger partial charge < -0.3 is 10.0 Å². The Balaban J connectivity index is 1.66. The highest BCUT2D eigenvalue weighted by atomic mass is 16.4. The van der Waals surface area contributed by atoms with Crippen molar-refractivity contribution >= 4 is 11.9 Å². The molecule has 0 unspecified atom stereocenters. The van der Waals surface area contributed by atoms with Gasteiger partial charge in [0.25, 0.3) is 0 Å². The number of amides is 1. The molecule has 1 amide bonds. The Morgan fingerprint density at radius 2 is 1.92 bits per heavy atom. The van der Waals surface area contributed by atoms with Crippen LogP contribution in [0.2, 0.25) is 0 Å². The average Bonchev–Trinajstić information content (AvgIpc) is 2.59. The molecular weight excluding hydrogens is 302 g/mol. The number of carboxylic acid groups (broad SMARTS) is 1. The van der Waals surface area contributed by atoms with Gasteiger partial charge >= 0.3 is 5.97 Å². The first kappa shape index (κ1) is 16.2. The van der Waals surface area contributed by atoms with Gasteiger partial charge in [-0.3, -0.25) is 4.79 Å². The molecule has 1 aliphatic rings. The lowest BCUT2D eigenvalue weighted by molar-refractivity contribution is -0.132. The number of nitrogens with zero attached hydrogens (tertiary/aromatic N) is 1. The monoisotopic (exact) mass is 323 g/mol. The van der Waals surface area contributed by atoms with Crippen LogP contribution in [0.25, 0.3) is 0 Å². The summed E-state index contributed by atoms with van der Waals surface area (Å²) < 4.78 is 0. The summed E-state index contributed by atoms with van der Waals surface area (Å²) in [6.45, 7) is 3.26. The second kappa shape index (κ2) is 6.87. The normalized spacial score (nSPS) is 13.5. The van der Waals surface area contributed by atoms with Crippen molar-refractivity contribution in [2.75, 3.05) is 6.54 Å². The van der Waals surface area contributed by atoms with Crippen molar-refractivity contribution in [3.63, 3.8) is 0 Å². The Hall–Kier alpha value is -2.62. The van der Waals surface area contributed by atoms with Gasteiger partial charge in [-0.05, 0) is 54.2 Å². The molecular formula is C20H21NO3. The van der Waals surface area contributed by atoms with E-state index in [1.807, 2.05) is 23.1 Å². The maximum atomic E-state index is 12.5. The lowest BCUT2D eigenvalue weighted by atomic mass is 9.96. The van der Waals surface area contributed by atoms with E-state index in [-0.39, 0.29) is 11.5 Å². The van der Waals surface area contributed by atoms with Gasteiger partial charge in [0.05, 0.1) is 5.56 Å². The molecule has 0 radical (unpaired) electrons. The third-order valence-corrected chi connectivity index (χ3v) is 4.69. The molecule has 1 N–H and O–H groups in total. The highest BCUT2D eigenvalue weighted by Gasteiger charge is 2.21. The van der Waals surface area contributed by atoms with Crippen LogP contribution in [-0.4, -0.2) is 28.4 Å². The lowest BCUT2D eigenvalue weighted by Gasteiger charge is -2.29. The maximum absolute atomic E-state index is 12.5. The number of hydrogen-bond donors (Lipinski definition) is 1. The van der Waals surface area contributed by atoms with Crippen LogP contribution in [0.4, 0.5) is 0 Å². The largest absolute Gasteiger partial charge is 0.478 e. The summed E-state index contributed by atoms with van der Waals surface area (Å²) in [6, 6.07) is 13.3. The molecule has 4 nitrogen and oxygen atoms in total. The van der Waals surface area contributed by atoms with Crippen molar-refractivity contribution in [1.29, 1.82) is 0 Å². The molecule has 0 fully saturated rings. The van der Waals surface area contributed by atoms with E-state index in [9.17, 15) is 9.59 Å². The topological polar surface area (TPSA) is 57.6 Å². The summed E-state index contributed by atoms with van der Waals surface area (Å²) >= 11 is 0. The molecule has 124 valence electrons. The first-order valence-electron chi connectivity index (χ1n) is 8.22. The summed E-state index contributed by atoms with van der Waals surface area (Å²) in [5, 5.41) is 9.12. The van der Waals surface area contributed by atoms with Gasteiger partial charge in [-0.15, -0.1) is 0 Å². The molecule has 0 aliphatic carbocycles. The number of carbonyl (C=O) groups excluding carboxylic acids is 1. The number of fused-ring (bicyclic) bond motifs is 1. The fourth-order valence-electron chi connectivity index (χ4n) is 3.19. The van der Waals surface area contributed by atoms with E-state index in [0.29, 0.717) is 19.5 Å². The van der Waals surface area contributed by atoms with Crippen molar-refractivity contribution in [1.82, 2.24) is 4.90 Å². The molecule has 2 aromatic rings. The highest BCUT2D eigenvalue weighted by Crippen LogP contribution is 2.21. The fraction of sp³-hybridized carbons (Fsp3) is 0.300. The van der Waals surface area contributed by atoms with Crippen molar-refractivity contribution < 1.29 is 14.7 Å². The summed E-state index contributed by atoms with van der Waals surface area (Å²) in [7, 11) is 0. The molecule has 2 aromatic carbocycles. The van der Waals surface area contributed by atoms with Crippen LogP contribution in [0.15, 0.2) is 42.5 Å². The minimum Gasteiger partial charge on any atom is -0.478 e. The molecule has 1 heterocycles. The maximum Gasteiger partial charge on any atom is 0.335 e. The van der Waals surface area contributed by atoms with Crippen LogP contribution < -0.4 is 0 Å². The first-order chi connectivity index (χ1) is 11.5. The van der Waals surface area contributed by atoms with Gasteiger partial charge in [-0.1, -0.05) is 30.3 Å². The Morgan fingerprint density at radius 3 is 2.67 bits per heavy atom.